The number of rotatable bonds is 2. The van der Waals surface area contributed by atoms with Gasteiger partial charge in [0, 0.05) is 29.6 Å². The first-order valence-electron chi connectivity index (χ1n) is 9.95. The lowest BCUT2D eigenvalue weighted by Gasteiger charge is -2.61. The van der Waals surface area contributed by atoms with Gasteiger partial charge in [-0.25, -0.2) is 0 Å². The highest BCUT2D eigenvalue weighted by Gasteiger charge is 2.64. The Labute approximate surface area is 160 Å². The van der Waals surface area contributed by atoms with Crippen LogP contribution in [-0.2, 0) is 19.7 Å². The number of esters is 1. The van der Waals surface area contributed by atoms with Crippen LogP contribution in [0.3, 0.4) is 0 Å². The minimum absolute atomic E-state index is 0.0455. The number of methoxy groups -OCH3 is 1. The molecule has 1 heterocycles. The van der Waals surface area contributed by atoms with Crippen LogP contribution in [0.4, 0.5) is 0 Å². The molecule has 1 aromatic carbocycles. The number of phenolic OH excluding ortho intramolecular Hbond substituents is 2. The minimum atomic E-state index is -0.511. The van der Waals surface area contributed by atoms with E-state index in [1.807, 2.05) is 19.9 Å². The van der Waals surface area contributed by atoms with Crippen LogP contribution in [0.25, 0.3) is 0 Å². The molecule has 1 saturated carbocycles. The first-order valence-corrected chi connectivity index (χ1v) is 9.95. The first kappa shape index (κ1) is 18.6. The number of phenols is 2. The number of carbonyl (C=O) groups excluding carboxylic acids is 1. The van der Waals surface area contributed by atoms with Crippen LogP contribution in [0.1, 0.15) is 82.1 Å². The van der Waals surface area contributed by atoms with Crippen LogP contribution in [0, 0.1) is 11.3 Å². The van der Waals surface area contributed by atoms with Crippen LogP contribution >= 0.6 is 0 Å². The van der Waals surface area contributed by atoms with Crippen molar-refractivity contribution in [1.82, 2.24) is 0 Å². The van der Waals surface area contributed by atoms with E-state index in [1.165, 1.54) is 0 Å². The number of ether oxygens (including phenoxy) is 2. The van der Waals surface area contributed by atoms with Crippen molar-refractivity contribution in [3.05, 3.63) is 22.8 Å². The predicted octanol–water partition coefficient (Wildman–Crippen LogP) is 4.30. The van der Waals surface area contributed by atoms with E-state index < -0.39 is 11.5 Å². The lowest BCUT2D eigenvalue weighted by Crippen LogP contribution is -2.62. The summed E-state index contributed by atoms with van der Waals surface area (Å²) in [5, 5.41) is 21.9. The highest BCUT2D eigenvalue weighted by atomic mass is 16.6. The van der Waals surface area contributed by atoms with E-state index in [-0.39, 0.29) is 47.2 Å². The quantitative estimate of drug-likeness (QED) is 0.596. The molecule has 2 aliphatic carbocycles. The Morgan fingerprint density at radius 3 is 2.56 bits per heavy atom. The summed E-state index contributed by atoms with van der Waals surface area (Å²) in [6.45, 7) is 8.40. The molecule has 0 aromatic heterocycles. The largest absolute Gasteiger partial charge is 0.504 e. The van der Waals surface area contributed by atoms with Crippen LogP contribution in [0.15, 0.2) is 6.07 Å². The molecule has 27 heavy (non-hydrogen) atoms. The van der Waals surface area contributed by atoms with Gasteiger partial charge in [-0.05, 0) is 35.8 Å². The first-order chi connectivity index (χ1) is 12.6. The zero-order chi connectivity index (χ0) is 19.7. The maximum Gasteiger partial charge on any atom is 0.307 e. The number of hydrogen-bond acceptors (Lipinski definition) is 5. The second-order valence-electron chi connectivity index (χ2n) is 9.55. The lowest BCUT2D eigenvalue weighted by molar-refractivity contribution is -0.203. The van der Waals surface area contributed by atoms with Gasteiger partial charge in [-0.15, -0.1) is 0 Å². The summed E-state index contributed by atoms with van der Waals surface area (Å²) in [4.78, 5) is 12.6. The average Bonchev–Trinajstić information content (AvgIpc) is 2.56. The second kappa shape index (κ2) is 5.87. The van der Waals surface area contributed by atoms with Gasteiger partial charge in [-0.3, -0.25) is 4.79 Å². The van der Waals surface area contributed by atoms with E-state index in [4.69, 9.17) is 9.47 Å². The SMILES string of the molecule is CO[C@H]1c2cc(C(C)C)c(O)c(O)c2[C@@]23CCCC(C)(C)[C@@H]2[C@@H]1OC(=O)C3. The predicted molar refractivity (Wildman–Crippen MR) is 101 cm³/mol. The molecular weight excluding hydrogens is 344 g/mol. The smallest absolute Gasteiger partial charge is 0.307 e. The molecule has 4 rings (SSSR count). The van der Waals surface area contributed by atoms with Gasteiger partial charge in [0.1, 0.15) is 12.2 Å². The molecule has 3 aliphatic rings. The van der Waals surface area contributed by atoms with Crippen molar-refractivity contribution >= 4 is 5.97 Å². The molecule has 5 nitrogen and oxygen atoms in total. The zero-order valence-corrected chi connectivity index (χ0v) is 16.8. The average molecular weight is 374 g/mol. The summed E-state index contributed by atoms with van der Waals surface area (Å²) in [5.41, 5.74) is 1.70. The van der Waals surface area contributed by atoms with E-state index >= 15 is 0 Å². The van der Waals surface area contributed by atoms with E-state index in [1.54, 1.807) is 7.11 Å². The lowest BCUT2D eigenvalue weighted by atomic mass is 9.46. The van der Waals surface area contributed by atoms with Gasteiger partial charge in [0.15, 0.2) is 11.5 Å². The molecule has 1 aromatic rings. The van der Waals surface area contributed by atoms with Gasteiger partial charge < -0.3 is 19.7 Å². The van der Waals surface area contributed by atoms with Crippen LogP contribution in [-0.4, -0.2) is 29.4 Å². The van der Waals surface area contributed by atoms with Crippen molar-refractivity contribution in [2.45, 2.75) is 76.9 Å². The number of fused-ring (bicyclic) bond motifs is 1. The number of hydrogen-bond donors (Lipinski definition) is 2. The minimum Gasteiger partial charge on any atom is -0.504 e. The summed E-state index contributed by atoms with van der Waals surface area (Å²) in [6.07, 6.45) is 2.26. The third kappa shape index (κ3) is 2.36. The van der Waals surface area contributed by atoms with Gasteiger partial charge in [0.05, 0.1) is 6.42 Å². The van der Waals surface area contributed by atoms with Crippen molar-refractivity contribution in [3.8, 4) is 11.5 Å². The third-order valence-corrected chi connectivity index (χ3v) is 7.25. The zero-order valence-electron chi connectivity index (χ0n) is 16.8. The fraction of sp³-hybridized carbons (Fsp3) is 0.682. The highest BCUT2D eigenvalue weighted by Crippen LogP contribution is 2.66. The summed E-state index contributed by atoms with van der Waals surface area (Å²) >= 11 is 0. The van der Waals surface area contributed by atoms with Gasteiger partial charge in [-0.2, -0.15) is 0 Å². The van der Waals surface area contributed by atoms with E-state index in [9.17, 15) is 15.0 Å². The Morgan fingerprint density at radius 2 is 1.93 bits per heavy atom. The van der Waals surface area contributed by atoms with Gasteiger partial charge in [0.25, 0.3) is 0 Å². The maximum atomic E-state index is 12.6. The van der Waals surface area contributed by atoms with Crippen LogP contribution in [0.5, 0.6) is 11.5 Å². The molecule has 0 radical (unpaired) electrons. The van der Waals surface area contributed by atoms with Crippen molar-refractivity contribution in [1.29, 1.82) is 0 Å². The van der Waals surface area contributed by atoms with Crippen LogP contribution < -0.4 is 0 Å². The molecule has 4 atom stereocenters. The van der Waals surface area contributed by atoms with Gasteiger partial charge in [-0.1, -0.05) is 34.1 Å². The standard InChI is InChI=1S/C22H30O5/c1-11(2)12-9-13-15(17(25)16(12)24)22-8-6-7-21(3,4)20(22)19(18(13)26-5)27-14(23)10-22/h9,11,18-20,24-25H,6-8,10H2,1-5H3/t18-,19+,20-,22-/m0/s1. The molecule has 2 N–H and O–H groups in total. The Bertz CT molecular complexity index is 796. The fourth-order valence-corrected chi connectivity index (χ4v) is 6.33. The Balaban J connectivity index is 2.07. The molecular formula is C22H30O5. The highest BCUT2D eigenvalue weighted by molar-refractivity contribution is 5.76. The molecule has 5 heteroatoms. The van der Waals surface area contributed by atoms with E-state index in [0.29, 0.717) is 11.1 Å². The molecule has 0 unspecified atom stereocenters. The summed E-state index contributed by atoms with van der Waals surface area (Å²) in [5.74, 6) is -0.279. The van der Waals surface area contributed by atoms with Gasteiger partial charge >= 0.3 is 5.97 Å². The molecule has 148 valence electrons. The van der Waals surface area contributed by atoms with Crippen LogP contribution in [0.2, 0.25) is 0 Å². The molecule has 1 aliphatic heterocycles. The molecule has 2 bridgehead atoms. The Hall–Kier alpha value is -1.75. The fourth-order valence-electron chi connectivity index (χ4n) is 6.33. The second-order valence-corrected chi connectivity index (χ2v) is 9.55. The Kier molecular flexibility index (Phi) is 4.05. The third-order valence-electron chi connectivity index (χ3n) is 7.25. The monoisotopic (exact) mass is 374 g/mol. The summed E-state index contributed by atoms with van der Waals surface area (Å²) in [6, 6.07) is 1.95. The van der Waals surface area contributed by atoms with Crippen molar-refractivity contribution in [2.75, 3.05) is 7.11 Å². The number of carbonyl (C=O) groups is 1. The topological polar surface area (TPSA) is 76.0 Å². The van der Waals surface area contributed by atoms with Gasteiger partial charge in [0.2, 0.25) is 0 Å². The number of benzene rings is 1. The normalized spacial score (nSPS) is 34.0. The molecule has 1 saturated heterocycles. The number of aromatic hydroxyl groups is 2. The molecule has 0 spiro atoms. The summed E-state index contributed by atoms with van der Waals surface area (Å²) in [7, 11) is 1.62. The van der Waals surface area contributed by atoms with Crippen molar-refractivity contribution in [3.63, 3.8) is 0 Å². The molecule has 2 fully saturated rings. The van der Waals surface area contributed by atoms with Crippen molar-refractivity contribution in [2.24, 2.45) is 11.3 Å². The van der Waals surface area contributed by atoms with E-state index in [2.05, 4.69) is 13.8 Å². The summed E-state index contributed by atoms with van der Waals surface area (Å²) < 4.78 is 11.7. The molecule has 0 amide bonds. The van der Waals surface area contributed by atoms with Crippen molar-refractivity contribution < 1.29 is 24.5 Å². The Morgan fingerprint density at radius 1 is 1.22 bits per heavy atom. The maximum absolute atomic E-state index is 12.6. The van der Waals surface area contributed by atoms with E-state index in [0.717, 1.165) is 24.8 Å².